The minimum Gasteiger partial charge on any atom is -0.544 e. The molecule has 0 amide bonds. The Bertz CT molecular complexity index is 2620. The molecule has 0 aromatic carbocycles. The first kappa shape index (κ1) is 119. The van der Waals surface area contributed by atoms with Gasteiger partial charge in [-0.1, -0.05) is 0 Å². The summed E-state index contributed by atoms with van der Waals surface area (Å²) in [6.45, 7) is 10.2. The topological polar surface area (TPSA) is 336 Å². The van der Waals surface area contributed by atoms with E-state index < -0.39 is 163 Å². The molecular formula is C43H43F51N4O18. The third-order valence-electron chi connectivity index (χ3n) is 10.5. The van der Waals surface area contributed by atoms with Crippen LogP contribution in [-0.4, -0.2) is 274 Å². The van der Waals surface area contributed by atoms with Gasteiger partial charge in [0.1, 0.15) is 11.9 Å². The van der Waals surface area contributed by atoms with E-state index in [0.29, 0.717) is 92.4 Å². The lowest BCUT2D eigenvalue weighted by Crippen LogP contribution is -2.69. The number of nitrogens with two attached hydrogens (primary N) is 2. The van der Waals surface area contributed by atoms with E-state index in [4.69, 9.17) is 45.0 Å². The van der Waals surface area contributed by atoms with Gasteiger partial charge in [0, 0.05) is 13.1 Å². The number of quaternary nitrogens is 2. The van der Waals surface area contributed by atoms with E-state index in [1.165, 1.54) is 28.4 Å². The number of aliphatic carboxylic acids is 3. The van der Waals surface area contributed by atoms with Gasteiger partial charge < -0.3 is 76.3 Å². The van der Waals surface area contributed by atoms with Crippen molar-refractivity contribution in [2.24, 2.45) is 11.5 Å². The molecule has 0 aromatic heterocycles. The van der Waals surface area contributed by atoms with Crippen LogP contribution in [0.15, 0.2) is 0 Å². The predicted molar refractivity (Wildman–Crippen MR) is 245 cm³/mol. The lowest BCUT2D eigenvalue weighted by atomic mass is 10.2. The van der Waals surface area contributed by atoms with Crippen LogP contribution in [0, 0.1) is 0 Å². The van der Waals surface area contributed by atoms with Crippen molar-refractivity contribution in [3.63, 3.8) is 0 Å². The Hall–Kier alpha value is -5.80. The zero-order chi connectivity index (χ0) is 94.5. The number of carbonyl (C=O) groups excluding carboxylic acids is 2. The second-order valence-corrected chi connectivity index (χ2v) is 19.3. The molecule has 0 aliphatic rings. The molecule has 0 radical (unpaired) electrons. The summed E-state index contributed by atoms with van der Waals surface area (Å²) in [6.07, 6.45) is -117. The largest absolute Gasteiger partial charge is 0.544 e. The van der Waals surface area contributed by atoms with Crippen LogP contribution in [0.25, 0.3) is 0 Å². The number of halogens is 51. The molecule has 0 heterocycles. The summed E-state index contributed by atoms with van der Waals surface area (Å²) in [5.41, 5.74) is 17.8. The van der Waals surface area contributed by atoms with Gasteiger partial charge in [-0.15, -0.1) is 0 Å². The Morgan fingerprint density at radius 3 is 0.534 bits per heavy atom. The molecule has 0 saturated carbocycles. The maximum atomic E-state index is 13.5. The maximum Gasteiger partial charge on any atom is 0.462 e. The van der Waals surface area contributed by atoms with Crippen molar-refractivity contribution in [2.45, 2.75) is 145 Å². The molecule has 0 spiro atoms. The highest BCUT2D eigenvalue weighted by molar-refractivity contribution is 5.76. The number of carboxylic acid groups (broad SMARTS) is 3. The van der Waals surface area contributed by atoms with Crippen LogP contribution < -0.4 is 33.1 Å². The fourth-order valence-corrected chi connectivity index (χ4v) is 4.90. The van der Waals surface area contributed by atoms with E-state index in [9.17, 15) is 249 Å². The highest BCUT2D eigenvalue weighted by Crippen LogP contribution is 2.61. The predicted octanol–water partition coefficient (Wildman–Crippen LogP) is 8.64. The van der Waals surface area contributed by atoms with E-state index in [2.05, 4.69) is 11.5 Å². The van der Waals surface area contributed by atoms with Gasteiger partial charge in [0.25, 0.3) is 0 Å². The summed E-state index contributed by atoms with van der Waals surface area (Å²) in [5, 5.41) is 27.8. The van der Waals surface area contributed by atoms with Gasteiger partial charge in [0.05, 0.1) is 92.4 Å². The smallest absolute Gasteiger partial charge is 0.462 e. The molecule has 73 heteroatoms. The summed E-state index contributed by atoms with van der Waals surface area (Å²) < 4.78 is 677. The maximum absolute atomic E-state index is 13.5. The molecule has 0 saturated heterocycles. The number of alkyl halides is 51. The molecule has 700 valence electrons. The molecule has 11 N–H and O–H groups in total. The first-order valence-corrected chi connectivity index (χ1v) is 27.1. The van der Waals surface area contributed by atoms with Crippen LogP contribution in [0.2, 0.25) is 0 Å². The van der Waals surface area contributed by atoms with Crippen LogP contribution in [-0.2, 0) is 71.2 Å². The number of rotatable bonds is 41. The van der Waals surface area contributed by atoms with E-state index >= 15 is 0 Å². The molecule has 0 bridgehead atoms. The number of ether oxygens (including phenoxy) is 12. The number of carboxylic acids is 3. The minimum atomic E-state index is -8.11. The van der Waals surface area contributed by atoms with Crippen molar-refractivity contribution in [3.8, 4) is 0 Å². The second-order valence-electron chi connectivity index (χ2n) is 19.3. The van der Waals surface area contributed by atoms with E-state index in [-0.39, 0.29) is 0 Å². The van der Waals surface area contributed by atoms with Crippen molar-refractivity contribution in [1.29, 1.82) is 0 Å². The molecule has 0 aliphatic carbocycles. The highest BCUT2D eigenvalue weighted by Gasteiger charge is 2.89. The van der Waals surface area contributed by atoms with Crippen molar-refractivity contribution in [2.75, 3.05) is 105 Å². The van der Waals surface area contributed by atoms with E-state index in [0.717, 1.165) is 13.1 Å². The molecule has 0 fully saturated rings. The van der Waals surface area contributed by atoms with Gasteiger partial charge in [-0.25, -0.2) is 4.79 Å². The van der Waals surface area contributed by atoms with Gasteiger partial charge in [0.15, 0.2) is 0 Å². The Labute approximate surface area is 602 Å². The van der Waals surface area contributed by atoms with Gasteiger partial charge in [-0.05, 0) is 0 Å². The van der Waals surface area contributed by atoms with Crippen LogP contribution >= 0.6 is 0 Å². The first-order valence-electron chi connectivity index (χ1n) is 27.1. The number of hydrogen-bond donors (Lipinski definition) is 5. The lowest BCUT2D eigenvalue weighted by Gasteiger charge is -2.40. The normalized spacial score (nSPS) is 17.3. The van der Waals surface area contributed by atoms with Crippen LogP contribution in [0.1, 0.15) is 0 Å². The molecule has 0 rings (SSSR count). The standard InChI is InChI=1S/3C9HF17O4.2C8H20N2O3/c3*10-2(1(27)28,5(14,15)16)29-9(25,26)4(13,7(20,21)22)30-8(23,24)3(11,12)6(17,18)19;2*9-1-3-11-5-7-13-8-6-12-4-2-10/h3*(H,27,28);2*1-10H2. The monoisotopic (exact) mass is 1870 g/mol. The van der Waals surface area contributed by atoms with Crippen molar-refractivity contribution < 1.29 is 322 Å². The summed E-state index contributed by atoms with van der Waals surface area (Å²) in [7, 11) is 0. The van der Waals surface area contributed by atoms with Gasteiger partial charge in [-0.2, -0.15) is 224 Å². The third kappa shape index (κ3) is 30.1. The fourth-order valence-electron chi connectivity index (χ4n) is 4.90. The van der Waals surface area contributed by atoms with E-state index in [1.54, 1.807) is 0 Å². The Morgan fingerprint density at radius 1 is 0.241 bits per heavy atom. The summed E-state index contributed by atoms with van der Waals surface area (Å²) in [4.78, 5) is 30.0. The molecule has 0 aromatic rings. The van der Waals surface area contributed by atoms with Crippen molar-refractivity contribution in [3.05, 3.63) is 0 Å². The number of carbonyl (C=O) groups is 3. The van der Waals surface area contributed by atoms with Gasteiger partial charge in [-0.3, -0.25) is 28.4 Å². The molecule has 6 atom stereocenters. The zero-order valence-corrected chi connectivity index (χ0v) is 54.0. The molecule has 6 unspecified atom stereocenters. The van der Waals surface area contributed by atoms with Crippen LogP contribution in [0.3, 0.4) is 0 Å². The van der Waals surface area contributed by atoms with Crippen LogP contribution in [0.5, 0.6) is 0 Å². The molecule has 116 heavy (non-hydrogen) atoms. The van der Waals surface area contributed by atoms with Gasteiger partial charge >= 0.3 is 151 Å². The fraction of sp³-hybridized carbons (Fsp3) is 0.930. The van der Waals surface area contributed by atoms with Crippen molar-refractivity contribution in [1.82, 2.24) is 0 Å². The SMILES string of the molecule is NCCOCCOCCOCCN.O=C(O)C(F)(OC(F)(F)C(F)(OC(F)(F)C(F)(F)C(F)(F)F)C(F)(F)F)C(F)(F)F.O=C([O-])C(F)(OC(F)(F)C(F)(OC(F)(F)C(F)(F)C(F)(F)F)C(F)(F)F)C(F)(F)F.O=C([O-])C(F)(OC(F)(F)C(F)(OC(F)(F)C(F)(F)C(F)(F)F)C(F)(F)F)C(F)(F)F.[NH3+]CCOCCOCCOCC[NH3+]. The molecule has 22 nitrogen and oxygen atoms in total. The highest BCUT2D eigenvalue weighted by atomic mass is 19.5. The first-order chi connectivity index (χ1) is 50.7. The lowest BCUT2D eigenvalue weighted by molar-refractivity contribution is -0.551. The van der Waals surface area contributed by atoms with Crippen LogP contribution in [0.4, 0.5) is 224 Å². The third-order valence-corrected chi connectivity index (χ3v) is 10.5. The van der Waals surface area contributed by atoms with Crippen molar-refractivity contribution >= 4 is 17.9 Å². The molecule has 0 aliphatic heterocycles. The van der Waals surface area contributed by atoms with Gasteiger partial charge in [0.2, 0.25) is 0 Å². The average Bonchev–Trinajstić information content (AvgIpc) is 0.732. The Kier molecular flexibility index (Phi) is 42.6. The molecular weight excluding hydrogens is 1830 g/mol. The zero-order valence-electron chi connectivity index (χ0n) is 54.0. The van der Waals surface area contributed by atoms with E-state index in [1.807, 2.05) is 0 Å². The minimum absolute atomic E-state index is 0.555. The number of hydrogen-bond acceptors (Lipinski definition) is 19. The second kappa shape index (κ2) is 41.6. The Balaban J connectivity index is -0.000000461. The average molecular weight is 1870 g/mol. The summed E-state index contributed by atoms with van der Waals surface area (Å²) in [6, 6.07) is 0. The quantitative estimate of drug-likeness (QED) is 0.0282. The Morgan fingerprint density at radius 2 is 0.405 bits per heavy atom. The summed E-state index contributed by atoms with van der Waals surface area (Å²) >= 11 is 0. The summed E-state index contributed by atoms with van der Waals surface area (Å²) in [5.74, 6) is -82.7.